The van der Waals surface area contributed by atoms with Crippen molar-refractivity contribution in [3.8, 4) is 0 Å². The van der Waals surface area contributed by atoms with Gasteiger partial charge in [0.05, 0.1) is 0 Å². The van der Waals surface area contributed by atoms with Gasteiger partial charge in [0.15, 0.2) is 6.29 Å². The number of rotatable bonds is 5. The Balaban J connectivity index is 2.61. The summed E-state index contributed by atoms with van der Waals surface area (Å²) < 4.78 is 0. The molecule has 1 nitrogen and oxygen atoms in total. The fourth-order valence-electron chi connectivity index (χ4n) is 2.71. The summed E-state index contributed by atoms with van der Waals surface area (Å²) in [5, 5.41) is 2.27. The molecule has 1 heteroatoms. The molecule has 0 bridgehead atoms. The number of fused-ring (bicyclic) bond motifs is 1. The van der Waals surface area contributed by atoms with Gasteiger partial charge in [0.25, 0.3) is 0 Å². The first-order valence-electron chi connectivity index (χ1n) is 7.64. The molecule has 20 heavy (non-hydrogen) atoms. The van der Waals surface area contributed by atoms with Crippen molar-refractivity contribution in [3.63, 3.8) is 0 Å². The molecular formula is C19H24O. The molecule has 0 heterocycles. The Hall–Kier alpha value is -1.63. The fourth-order valence-corrected chi connectivity index (χ4v) is 2.71. The average Bonchev–Trinajstić information content (AvgIpc) is 2.51. The second kappa shape index (κ2) is 6.21. The number of benzene rings is 2. The molecular weight excluding hydrogens is 244 g/mol. The maximum absolute atomic E-state index is 11.5. The molecule has 0 saturated carbocycles. The van der Waals surface area contributed by atoms with E-state index in [9.17, 15) is 4.79 Å². The summed E-state index contributed by atoms with van der Waals surface area (Å²) in [6, 6.07) is 10.8. The Kier molecular flexibility index (Phi) is 4.59. The van der Waals surface area contributed by atoms with Crippen LogP contribution in [0.4, 0.5) is 0 Å². The van der Waals surface area contributed by atoms with Crippen molar-refractivity contribution in [1.82, 2.24) is 0 Å². The van der Waals surface area contributed by atoms with Crippen molar-refractivity contribution in [2.75, 3.05) is 0 Å². The van der Waals surface area contributed by atoms with Gasteiger partial charge in [-0.2, -0.15) is 0 Å². The first-order chi connectivity index (χ1) is 9.62. The van der Waals surface area contributed by atoms with Crippen LogP contribution in [0.1, 0.15) is 73.9 Å². The van der Waals surface area contributed by atoms with E-state index < -0.39 is 0 Å². The molecule has 2 unspecified atom stereocenters. The second-order valence-corrected chi connectivity index (χ2v) is 5.79. The van der Waals surface area contributed by atoms with Gasteiger partial charge in [-0.1, -0.05) is 58.0 Å². The minimum atomic E-state index is 0.425. The van der Waals surface area contributed by atoms with Gasteiger partial charge >= 0.3 is 0 Å². The average molecular weight is 268 g/mol. The lowest BCUT2D eigenvalue weighted by molar-refractivity contribution is 0.112. The number of carbonyl (C=O) groups excluding carboxylic acids is 1. The molecule has 2 aromatic carbocycles. The highest BCUT2D eigenvalue weighted by Gasteiger charge is 2.13. The van der Waals surface area contributed by atoms with Gasteiger partial charge in [-0.05, 0) is 46.6 Å². The summed E-state index contributed by atoms with van der Waals surface area (Å²) in [6.07, 6.45) is 3.21. The van der Waals surface area contributed by atoms with Crippen LogP contribution in [0.5, 0.6) is 0 Å². The van der Waals surface area contributed by atoms with Crippen LogP contribution in [0.3, 0.4) is 0 Å². The summed E-state index contributed by atoms with van der Waals surface area (Å²) in [4.78, 5) is 11.5. The largest absolute Gasteiger partial charge is 0.298 e. The first kappa shape index (κ1) is 14.8. The third kappa shape index (κ3) is 2.63. The number of aldehydes is 1. The normalized spacial score (nSPS) is 14.2. The maximum Gasteiger partial charge on any atom is 0.150 e. The summed E-state index contributed by atoms with van der Waals surface area (Å²) >= 11 is 0. The molecule has 2 rings (SSSR count). The molecule has 106 valence electrons. The molecule has 2 atom stereocenters. The molecule has 0 aromatic heterocycles. The molecule has 0 aliphatic heterocycles. The lowest BCUT2D eigenvalue weighted by Gasteiger charge is -2.16. The zero-order chi connectivity index (χ0) is 14.7. The van der Waals surface area contributed by atoms with E-state index in [1.165, 1.54) is 16.5 Å². The van der Waals surface area contributed by atoms with Gasteiger partial charge in [-0.15, -0.1) is 0 Å². The Bertz CT molecular complexity index is 612. The van der Waals surface area contributed by atoms with Crippen molar-refractivity contribution in [3.05, 3.63) is 47.0 Å². The SMILES string of the molecule is CCC(C)c1ccc2c(C=O)c(C(C)CC)ccc2c1. The molecule has 0 aliphatic rings. The second-order valence-electron chi connectivity index (χ2n) is 5.79. The number of hydrogen-bond donors (Lipinski definition) is 0. The molecule has 0 amide bonds. The van der Waals surface area contributed by atoms with Gasteiger partial charge in [0.2, 0.25) is 0 Å². The van der Waals surface area contributed by atoms with Gasteiger partial charge in [0.1, 0.15) is 0 Å². The van der Waals surface area contributed by atoms with E-state index in [-0.39, 0.29) is 0 Å². The highest BCUT2D eigenvalue weighted by Crippen LogP contribution is 2.30. The van der Waals surface area contributed by atoms with Crippen molar-refractivity contribution in [2.45, 2.75) is 52.4 Å². The molecule has 0 N–H and O–H groups in total. The smallest absolute Gasteiger partial charge is 0.150 e. The molecule has 2 aromatic rings. The molecule has 0 aliphatic carbocycles. The van der Waals surface area contributed by atoms with Gasteiger partial charge in [-0.25, -0.2) is 0 Å². The van der Waals surface area contributed by atoms with Crippen LogP contribution in [0.2, 0.25) is 0 Å². The maximum atomic E-state index is 11.5. The van der Waals surface area contributed by atoms with Crippen molar-refractivity contribution >= 4 is 17.1 Å². The third-order valence-electron chi connectivity index (χ3n) is 4.56. The quantitative estimate of drug-likeness (QED) is 0.638. The van der Waals surface area contributed by atoms with Crippen molar-refractivity contribution in [2.24, 2.45) is 0 Å². The van der Waals surface area contributed by atoms with E-state index in [0.29, 0.717) is 11.8 Å². The highest BCUT2D eigenvalue weighted by atomic mass is 16.1. The number of carbonyl (C=O) groups is 1. The van der Waals surface area contributed by atoms with Crippen LogP contribution in [-0.2, 0) is 0 Å². The summed E-state index contributed by atoms with van der Waals surface area (Å²) in [5.74, 6) is 0.988. The topological polar surface area (TPSA) is 17.1 Å². The molecule has 0 radical (unpaired) electrons. The van der Waals surface area contributed by atoms with Crippen molar-refractivity contribution in [1.29, 1.82) is 0 Å². The van der Waals surface area contributed by atoms with Crippen LogP contribution < -0.4 is 0 Å². The Morgan fingerprint density at radius 2 is 1.70 bits per heavy atom. The predicted octanol–water partition coefficient (Wildman–Crippen LogP) is 5.68. The monoisotopic (exact) mass is 268 g/mol. The van der Waals surface area contributed by atoms with E-state index in [1.807, 2.05) is 0 Å². The molecule has 0 saturated heterocycles. The van der Waals surface area contributed by atoms with Gasteiger partial charge in [0, 0.05) is 5.56 Å². The minimum absolute atomic E-state index is 0.425. The number of hydrogen-bond acceptors (Lipinski definition) is 1. The van der Waals surface area contributed by atoms with Crippen LogP contribution in [0, 0.1) is 0 Å². The van der Waals surface area contributed by atoms with Crippen LogP contribution >= 0.6 is 0 Å². The van der Waals surface area contributed by atoms with E-state index >= 15 is 0 Å². The fraction of sp³-hybridized carbons (Fsp3) is 0.421. The third-order valence-corrected chi connectivity index (χ3v) is 4.56. The van der Waals surface area contributed by atoms with Crippen LogP contribution in [0.15, 0.2) is 30.3 Å². The van der Waals surface area contributed by atoms with Crippen LogP contribution in [-0.4, -0.2) is 6.29 Å². The van der Waals surface area contributed by atoms with Gasteiger partial charge < -0.3 is 0 Å². The highest BCUT2D eigenvalue weighted by molar-refractivity contribution is 6.00. The molecule has 0 spiro atoms. The summed E-state index contributed by atoms with van der Waals surface area (Å²) in [7, 11) is 0. The summed E-state index contributed by atoms with van der Waals surface area (Å²) in [5.41, 5.74) is 3.40. The standard InChI is InChI=1S/C19H24O/c1-5-13(3)15-7-10-18-16(11-15)8-9-17(14(4)6-2)19(18)12-20/h7-14H,5-6H2,1-4H3. The van der Waals surface area contributed by atoms with E-state index in [1.54, 1.807) is 0 Å². The van der Waals surface area contributed by atoms with E-state index in [2.05, 4.69) is 58.0 Å². The Morgan fingerprint density at radius 1 is 1.00 bits per heavy atom. The van der Waals surface area contributed by atoms with Gasteiger partial charge in [-0.3, -0.25) is 4.79 Å². The summed E-state index contributed by atoms with van der Waals surface area (Å²) in [6.45, 7) is 8.80. The van der Waals surface area contributed by atoms with Crippen molar-refractivity contribution < 1.29 is 4.79 Å². The molecule has 0 fully saturated rings. The zero-order valence-corrected chi connectivity index (χ0v) is 12.9. The zero-order valence-electron chi connectivity index (χ0n) is 12.9. The predicted molar refractivity (Wildman–Crippen MR) is 86.7 cm³/mol. The lowest BCUT2D eigenvalue weighted by Crippen LogP contribution is -1.99. The Labute approximate surface area is 122 Å². The lowest BCUT2D eigenvalue weighted by atomic mass is 9.88. The Morgan fingerprint density at radius 3 is 2.30 bits per heavy atom. The van der Waals surface area contributed by atoms with E-state index in [4.69, 9.17) is 0 Å². The van der Waals surface area contributed by atoms with Crippen LogP contribution in [0.25, 0.3) is 10.8 Å². The van der Waals surface area contributed by atoms with E-state index in [0.717, 1.165) is 30.1 Å². The first-order valence-corrected chi connectivity index (χ1v) is 7.64. The minimum Gasteiger partial charge on any atom is -0.298 e.